The SMILES string of the molecule is c1coc(-c2ccc(N3CCN(c4ncnc5nc[nH]c45)CC3)nn2)c1. The van der Waals surface area contributed by atoms with Crippen LogP contribution >= 0.6 is 0 Å². The minimum atomic E-state index is 0.691. The van der Waals surface area contributed by atoms with E-state index in [9.17, 15) is 0 Å². The maximum absolute atomic E-state index is 5.35. The summed E-state index contributed by atoms with van der Waals surface area (Å²) in [7, 11) is 0. The number of rotatable bonds is 3. The summed E-state index contributed by atoms with van der Waals surface area (Å²) in [5.74, 6) is 2.49. The highest BCUT2D eigenvalue weighted by Crippen LogP contribution is 2.23. The van der Waals surface area contributed by atoms with Crippen LogP contribution in [0.5, 0.6) is 0 Å². The van der Waals surface area contributed by atoms with Crippen LogP contribution in [0.3, 0.4) is 0 Å². The molecule has 1 saturated heterocycles. The zero-order valence-electron chi connectivity index (χ0n) is 13.9. The first-order valence-corrected chi connectivity index (χ1v) is 8.40. The fourth-order valence-corrected chi connectivity index (χ4v) is 3.19. The number of imidazole rings is 1. The molecular formula is C17H16N8O. The lowest BCUT2D eigenvalue weighted by Gasteiger charge is -2.35. The molecule has 0 aliphatic carbocycles. The Balaban J connectivity index is 1.30. The molecule has 1 N–H and O–H groups in total. The number of furan rings is 1. The van der Waals surface area contributed by atoms with Crippen LogP contribution in [0.4, 0.5) is 11.6 Å². The van der Waals surface area contributed by atoms with Crippen molar-refractivity contribution in [3.05, 3.63) is 43.2 Å². The molecule has 0 aromatic carbocycles. The summed E-state index contributed by atoms with van der Waals surface area (Å²) in [5.41, 5.74) is 2.31. The Hall–Kier alpha value is -3.49. The van der Waals surface area contributed by atoms with Crippen molar-refractivity contribution in [2.24, 2.45) is 0 Å². The molecule has 0 radical (unpaired) electrons. The van der Waals surface area contributed by atoms with Crippen LogP contribution in [0, 0.1) is 0 Å². The molecule has 0 atom stereocenters. The lowest BCUT2D eigenvalue weighted by molar-refractivity contribution is 0.578. The van der Waals surface area contributed by atoms with Crippen LogP contribution in [0.1, 0.15) is 0 Å². The van der Waals surface area contributed by atoms with E-state index in [0.29, 0.717) is 5.65 Å². The molecule has 5 heterocycles. The van der Waals surface area contributed by atoms with Gasteiger partial charge in [0.25, 0.3) is 0 Å². The van der Waals surface area contributed by atoms with Crippen molar-refractivity contribution in [2.45, 2.75) is 0 Å². The summed E-state index contributed by atoms with van der Waals surface area (Å²) in [6, 6.07) is 7.64. The molecule has 1 fully saturated rings. The standard InChI is InChI=1S/C17H16N8O/c1-2-13(26-9-1)12-3-4-14(23-22-12)24-5-7-25(8-6-24)17-15-16(19-10-18-15)20-11-21-17/h1-4,9-11H,5-8H2,(H,18,19,20,21). The maximum Gasteiger partial charge on any atom is 0.182 e. The first-order valence-electron chi connectivity index (χ1n) is 8.40. The normalized spacial score (nSPS) is 14.9. The number of aromatic nitrogens is 6. The largest absolute Gasteiger partial charge is 0.463 e. The zero-order valence-corrected chi connectivity index (χ0v) is 13.9. The first kappa shape index (κ1) is 14.8. The van der Waals surface area contributed by atoms with Gasteiger partial charge < -0.3 is 19.2 Å². The highest BCUT2D eigenvalue weighted by Gasteiger charge is 2.21. The van der Waals surface area contributed by atoms with Gasteiger partial charge in [-0.15, -0.1) is 10.2 Å². The van der Waals surface area contributed by atoms with Gasteiger partial charge in [-0.3, -0.25) is 0 Å². The lowest BCUT2D eigenvalue weighted by Crippen LogP contribution is -2.47. The Labute approximate surface area is 148 Å². The number of hydrogen-bond donors (Lipinski definition) is 1. The summed E-state index contributed by atoms with van der Waals surface area (Å²) in [4.78, 5) is 20.4. The Kier molecular flexibility index (Phi) is 3.48. The molecular weight excluding hydrogens is 332 g/mol. The van der Waals surface area contributed by atoms with E-state index >= 15 is 0 Å². The number of aromatic amines is 1. The third kappa shape index (κ3) is 2.53. The Morgan fingerprint density at radius 2 is 1.81 bits per heavy atom. The molecule has 9 heteroatoms. The van der Waals surface area contributed by atoms with Gasteiger partial charge >= 0.3 is 0 Å². The number of piperazine rings is 1. The molecule has 0 amide bonds. The predicted octanol–water partition coefficient (Wildman–Crippen LogP) is 1.73. The molecule has 130 valence electrons. The van der Waals surface area contributed by atoms with Gasteiger partial charge in [0.1, 0.15) is 17.5 Å². The van der Waals surface area contributed by atoms with E-state index in [0.717, 1.165) is 54.8 Å². The van der Waals surface area contributed by atoms with Crippen LogP contribution in [0.25, 0.3) is 22.6 Å². The summed E-state index contributed by atoms with van der Waals surface area (Å²) >= 11 is 0. The third-order valence-corrected chi connectivity index (χ3v) is 4.53. The minimum Gasteiger partial charge on any atom is -0.463 e. The van der Waals surface area contributed by atoms with Crippen LogP contribution in [-0.4, -0.2) is 56.3 Å². The fraction of sp³-hybridized carbons (Fsp3) is 0.235. The molecule has 26 heavy (non-hydrogen) atoms. The second-order valence-electron chi connectivity index (χ2n) is 6.03. The highest BCUT2D eigenvalue weighted by atomic mass is 16.3. The Bertz CT molecular complexity index is 1000. The number of H-pyrrole nitrogens is 1. The summed E-state index contributed by atoms with van der Waals surface area (Å²) in [6.45, 7) is 3.36. The summed E-state index contributed by atoms with van der Waals surface area (Å²) in [5, 5.41) is 8.63. The van der Waals surface area contributed by atoms with E-state index in [4.69, 9.17) is 4.42 Å². The van der Waals surface area contributed by atoms with Crippen LogP contribution in [0.15, 0.2) is 47.6 Å². The lowest BCUT2D eigenvalue weighted by atomic mass is 10.2. The third-order valence-electron chi connectivity index (χ3n) is 4.53. The van der Waals surface area contributed by atoms with Gasteiger partial charge in [0, 0.05) is 26.2 Å². The summed E-state index contributed by atoms with van der Waals surface area (Å²) < 4.78 is 5.35. The van der Waals surface area contributed by atoms with Crippen molar-refractivity contribution in [2.75, 3.05) is 36.0 Å². The van der Waals surface area contributed by atoms with E-state index in [1.807, 2.05) is 24.3 Å². The smallest absolute Gasteiger partial charge is 0.182 e. The molecule has 0 unspecified atom stereocenters. The van der Waals surface area contributed by atoms with Gasteiger partial charge in [0.15, 0.2) is 23.0 Å². The van der Waals surface area contributed by atoms with Crippen molar-refractivity contribution in [3.8, 4) is 11.5 Å². The molecule has 0 saturated carbocycles. The molecule has 1 aliphatic heterocycles. The van der Waals surface area contributed by atoms with Crippen LogP contribution in [0.2, 0.25) is 0 Å². The first-order chi connectivity index (χ1) is 12.9. The molecule has 9 nitrogen and oxygen atoms in total. The maximum atomic E-state index is 5.35. The Morgan fingerprint density at radius 1 is 0.923 bits per heavy atom. The predicted molar refractivity (Wildman–Crippen MR) is 95.8 cm³/mol. The number of nitrogens with zero attached hydrogens (tertiary/aromatic N) is 7. The van der Waals surface area contributed by atoms with E-state index in [1.165, 1.54) is 0 Å². The van der Waals surface area contributed by atoms with Gasteiger partial charge in [0.2, 0.25) is 0 Å². The molecule has 0 spiro atoms. The number of anilines is 2. The van der Waals surface area contributed by atoms with Crippen molar-refractivity contribution < 1.29 is 4.42 Å². The highest BCUT2D eigenvalue weighted by molar-refractivity contribution is 5.82. The zero-order chi connectivity index (χ0) is 17.3. The van der Waals surface area contributed by atoms with E-state index in [2.05, 4.69) is 39.9 Å². The molecule has 4 aromatic heterocycles. The second kappa shape index (κ2) is 6.10. The fourth-order valence-electron chi connectivity index (χ4n) is 3.19. The number of hydrogen-bond acceptors (Lipinski definition) is 8. The van der Waals surface area contributed by atoms with Gasteiger partial charge in [-0.25, -0.2) is 15.0 Å². The van der Waals surface area contributed by atoms with Gasteiger partial charge in [-0.05, 0) is 24.3 Å². The molecule has 4 aromatic rings. The number of fused-ring (bicyclic) bond motifs is 1. The second-order valence-corrected chi connectivity index (χ2v) is 6.03. The van der Waals surface area contributed by atoms with E-state index < -0.39 is 0 Å². The molecule has 5 rings (SSSR count). The number of nitrogens with one attached hydrogen (secondary N) is 1. The van der Waals surface area contributed by atoms with E-state index in [1.54, 1.807) is 18.9 Å². The quantitative estimate of drug-likeness (QED) is 0.597. The van der Waals surface area contributed by atoms with Crippen molar-refractivity contribution in [1.29, 1.82) is 0 Å². The van der Waals surface area contributed by atoms with Crippen molar-refractivity contribution >= 4 is 22.8 Å². The van der Waals surface area contributed by atoms with Gasteiger partial charge in [-0.2, -0.15) is 0 Å². The van der Waals surface area contributed by atoms with Crippen LogP contribution in [-0.2, 0) is 0 Å². The van der Waals surface area contributed by atoms with E-state index in [-0.39, 0.29) is 0 Å². The molecule has 1 aliphatic rings. The monoisotopic (exact) mass is 348 g/mol. The van der Waals surface area contributed by atoms with Crippen molar-refractivity contribution in [3.63, 3.8) is 0 Å². The Morgan fingerprint density at radius 3 is 2.58 bits per heavy atom. The average molecular weight is 348 g/mol. The average Bonchev–Trinajstić information content (AvgIpc) is 3.40. The van der Waals surface area contributed by atoms with Gasteiger partial charge in [0.05, 0.1) is 12.6 Å². The summed E-state index contributed by atoms with van der Waals surface area (Å²) in [6.07, 6.45) is 4.84. The van der Waals surface area contributed by atoms with Crippen molar-refractivity contribution in [1.82, 2.24) is 30.1 Å². The molecule has 0 bridgehead atoms. The topological polar surface area (TPSA) is 99.9 Å². The van der Waals surface area contributed by atoms with Gasteiger partial charge in [-0.1, -0.05) is 0 Å². The van der Waals surface area contributed by atoms with Crippen LogP contribution < -0.4 is 9.80 Å². The minimum absolute atomic E-state index is 0.691.